The highest BCUT2D eigenvalue weighted by Gasteiger charge is 2.58. The van der Waals surface area contributed by atoms with E-state index in [-0.39, 0.29) is 42.9 Å². The monoisotopic (exact) mass is 668 g/mol. The number of hydrogen-bond donors (Lipinski definition) is 4. The van der Waals surface area contributed by atoms with E-state index in [1.807, 2.05) is 0 Å². The van der Waals surface area contributed by atoms with E-state index in [1.54, 1.807) is 24.3 Å². The van der Waals surface area contributed by atoms with Crippen molar-refractivity contribution in [1.82, 2.24) is 19.3 Å². The number of aliphatic hydroxyl groups excluding tert-OH is 2. The number of nitrogen functional groups attached to an aromatic ring is 1. The van der Waals surface area contributed by atoms with Gasteiger partial charge in [-0.25, -0.2) is 14.1 Å². The number of nitriles is 1. The molecular formula is C28H32F3N6O8P. The van der Waals surface area contributed by atoms with Gasteiger partial charge in [0, 0.05) is 6.04 Å². The van der Waals surface area contributed by atoms with Gasteiger partial charge in [-0.3, -0.25) is 9.32 Å². The molecule has 2 aliphatic rings. The molecule has 1 aliphatic heterocycles. The molecule has 2 aromatic heterocycles. The van der Waals surface area contributed by atoms with Gasteiger partial charge in [0.25, 0.3) is 0 Å². The van der Waals surface area contributed by atoms with Crippen molar-refractivity contribution in [2.75, 3.05) is 12.3 Å². The van der Waals surface area contributed by atoms with Gasteiger partial charge in [0.1, 0.15) is 54.6 Å². The van der Waals surface area contributed by atoms with Crippen LogP contribution in [0.2, 0.25) is 0 Å². The molecule has 0 unspecified atom stereocenters. The Morgan fingerprint density at radius 3 is 2.52 bits per heavy atom. The lowest BCUT2D eigenvalue weighted by atomic mass is 9.85. The Labute approximate surface area is 260 Å². The summed E-state index contributed by atoms with van der Waals surface area (Å²) in [6, 6.07) is 9.78. The molecule has 5 N–H and O–H groups in total. The number of alkyl halides is 3. The molecule has 46 heavy (non-hydrogen) atoms. The smallest absolute Gasteiger partial charge is 0.462 e. The van der Waals surface area contributed by atoms with Gasteiger partial charge in [0.2, 0.25) is 5.60 Å². The molecule has 14 nitrogen and oxygen atoms in total. The van der Waals surface area contributed by atoms with Crippen LogP contribution in [0, 0.1) is 17.2 Å². The second-order valence-electron chi connectivity index (χ2n) is 11.3. The summed E-state index contributed by atoms with van der Waals surface area (Å²) in [5.74, 6) is -2.98. The Hall–Kier alpha value is -3.78. The molecule has 1 aliphatic carbocycles. The van der Waals surface area contributed by atoms with Gasteiger partial charge in [-0.05, 0) is 56.9 Å². The van der Waals surface area contributed by atoms with Crippen LogP contribution in [0.4, 0.5) is 19.0 Å². The minimum atomic E-state index is -4.87. The van der Waals surface area contributed by atoms with Gasteiger partial charge in [-0.2, -0.15) is 28.2 Å². The molecule has 0 amide bonds. The maximum atomic E-state index is 14.8. The third kappa shape index (κ3) is 6.28. The number of benzene rings is 1. The molecule has 248 valence electrons. The van der Waals surface area contributed by atoms with Crippen LogP contribution in [0.1, 0.15) is 44.4 Å². The van der Waals surface area contributed by atoms with Gasteiger partial charge in [0.15, 0.2) is 5.82 Å². The second-order valence-corrected chi connectivity index (χ2v) is 13.1. The van der Waals surface area contributed by atoms with Crippen LogP contribution in [0.15, 0.2) is 48.8 Å². The van der Waals surface area contributed by atoms with Crippen LogP contribution in [0.3, 0.4) is 0 Å². The largest absolute Gasteiger partial charge is 0.480 e. The zero-order valence-electron chi connectivity index (χ0n) is 24.4. The zero-order valence-corrected chi connectivity index (χ0v) is 25.3. The first-order chi connectivity index (χ1) is 21.7. The van der Waals surface area contributed by atoms with Gasteiger partial charge >= 0.3 is 19.9 Å². The molecule has 1 aromatic carbocycles. The molecule has 0 radical (unpaired) electrons. The zero-order chi connectivity index (χ0) is 33.4. The molecular weight excluding hydrogens is 636 g/mol. The van der Waals surface area contributed by atoms with Gasteiger partial charge in [-0.15, -0.1) is 0 Å². The average Bonchev–Trinajstić information content (AvgIpc) is 3.56. The topological polar surface area (TPSA) is 206 Å². The fourth-order valence-electron chi connectivity index (χ4n) is 5.92. The molecule has 18 heteroatoms. The first-order valence-electron chi connectivity index (χ1n) is 14.3. The number of aliphatic carboxylic acids is 1. The quantitative estimate of drug-likeness (QED) is 0.229. The normalized spacial score (nSPS) is 28.9. The van der Waals surface area contributed by atoms with Crippen LogP contribution in [0.5, 0.6) is 5.75 Å². The van der Waals surface area contributed by atoms with Crippen molar-refractivity contribution in [3.8, 4) is 11.8 Å². The molecule has 1 saturated carbocycles. The molecule has 5 rings (SSSR count). The molecule has 0 bridgehead atoms. The molecule has 3 heterocycles. The van der Waals surface area contributed by atoms with E-state index >= 15 is 0 Å². The van der Waals surface area contributed by atoms with Crippen LogP contribution in [-0.2, 0) is 18.6 Å². The SMILES string of the molecule is C[C@@H](C(=O)O)N(C1CCC(C(F)(F)F)CC1)[P@@](=O)(OC[C@@]1(C#N)O[C@@H](c2ccc3c(N)ncnn23)[C@H](O)[C@@H]1O)Oc1ccccc1. The number of hydrogen-bond acceptors (Lipinski definition) is 11. The standard InChI is InChI=1S/C28H32F3N6O8P/c1-16(26(40)41)37(18-9-7-17(8-10-18)28(29,30)31)46(42,45-19-5-3-2-4-6-19)43-14-27(13-32)24(39)22(38)23(44-27)20-11-12-21-25(33)34-15-35-36(20)21/h2-6,11-12,15-18,22-24,38-39H,7-10,14H2,1H3,(H,40,41)(H2,33,34,35)/t16-,17?,18?,22-,23-,24-,27+,46+/m0/s1. The number of anilines is 1. The molecule has 2 fully saturated rings. The lowest BCUT2D eigenvalue weighted by Gasteiger charge is -2.42. The number of carboxylic acids is 1. The minimum absolute atomic E-state index is 0.0221. The molecule has 3 aromatic rings. The number of rotatable bonds is 10. The number of nitrogens with zero attached hydrogens (tertiary/aromatic N) is 5. The predicted octanol–water partition coefficient (Wildman–Crippen LogP) is 3.47. The maximum absolute atomic E-state index is 14.8. The summed E-state index contributed by atoms with van der Waals surface area (Å²) in [5.41, 5.74) is 4.07. The Kier molecular flexibility index (Phi) is 9.33. The summed E-state index contributed by atoms with van der Waals surface area (Å²) in [7, 11) is -4.87. The summed E-state index contributed by atoms with van der Waals surface area (Å²) >= 11 is 0. The van der Waals surface area contributed by atoms with Crippen molar-refractivity contribution in [3.05, 3.63) is 54.5 Å². The number of aromatic nitrogens is 3. The minimum Gasteiger partial charge on any atom is -0.480 e. The fourth-order valence-corrected chi connectivity index (χ4v) is 8.09. The number of nitrogens with two attached hydrogens (primary N) is 1. The number of para-hydroxylation sites is 1. The first kappa shape index (κ1) is 33.6. The highest BCUT2D eigenvalue weighted by Crippen LogP contribution is 2.58. The van der Waals surface area contributed by atoms with Crippen molar-refractivity contribution in [1.29, 1.82) is 5.26 Å². The second kappa shape index (κ2) is 12.8. The van der Waals surface area contributed by atoms with E-state index in [1.165, 1.54) is 35.7 Å². The van der Waals surface area contributed by atoms with Crippen molar-refractivity contribution >= 4 is 25.1 Å². The van der Waals surface area contributed by atoms with E-state index in [4.69, 9.17) is 19.5 Å². The number of carbonyl (C=O) groups is 1. The molecule has 6 atom stereocenters. The van der Waals surface area contributed by atoms with E-state index in [9.17, 15) is 43.1 Å². The van der Waals surface area contributed by atoms with Crippen LogP contribution >= 0.6 is 7.75 Å². The summed E-state index contributed by atoms with van der Waals surface area (Å²) in [4.78, 5) is 16.1. The summed E-state index contributed by atoms with van der Waals surface area (Å²) in [5, 5.41) is 46.4. The lowest BCUT2D eigenvalue weighted by Crippen LogP contribution is -2.49. The maximum Gasteiger partial charge on any atom is 0.462 e. The summed E-state index contributed by atoms with van der Waals surface area (Å²) in [6.07, 6.45) is -9.38. The number of ether oxygens (including phenoxy) is 1. The predicted molar refractivity (Wildman–Crippen MR) is 153 cm³/mol. The molecule has 0 spiro atoms. The fraction of sp³-hybridized carbons (Fsp3) is 0.500. The highest BCUT2D eigenvalue weighted by molar-refractivity contribution is 7.51. The number of aliphatic hydroxyl groups is 2. The van der Waals surface area contributed by atoms with E-state index in [0.29, 0.717) is 5.52 Å². The van der Waals surface area contributed by atoms with Crippen molar-refractivity contribution in [2.24, 2.45) is 5.92 Å². The number of halogens is 3. The average molecular weight is 669 g/mol. The Morgan fingerprint density at radius 2 is 1.91 bits per heavy atom. The van der Waals surface area contributed by atoms with Gasteiger partial charge in [0.05, 0.1) is 11.6 Å². The van der Waals surface area contributed by atoms with Gasteiger partial charge in [-0.1, -0.05) is 18.2 Å². The van der Waals surface area contributed by atoms with Gasteiger partial charge < -0.3 is 30.3 Å². The van der Waals surface area contributed by atoms with Crippen molar-refractivity contribution < 1.29 is 51.6 Å². The van der Waals surface area contributed by atoms with E-state index in [2.05, 4.69) is 10.1 Å². The van der Waals surface area contributed by atoms with E-state index in [0.717, 1.165) is 11.0 Å². The number of carboxylic acid groups (broad SMARTS) is 1. The Balaban J connectivity index is 1.48. The third-order valence-electron chi connectivity index (χ3n) is 8.42. The van der Waals surface area contributed by atoms with E-state index < -0.39 is 68.4 Å². The Morgan fingerprint density at radius 1 is 1.24 bits per heavy atom. The van der Waals surface area contributed by atoms with Crippen LogP contribution < -0.4 is 10.3 Å². The Bertz CT molecular complexity index is 1650. The number of fused-ring (bicyclic) bond motifs is 1. The summed E-state index contributed by atoms with van der Waals surface area (Å²) in [6.45, 7) is 0.193. The van der Waals surface area contributed by atoms with Crippen LogP contribution in [0.25, 0.3) is 5.52 Å². The molecule has 1 saturated heterocycles. The highest BCUT2D eigenvalue weighted by atomic mass is 31.2. The van der Waals surface area contributed by atoms with Crippen molar-refractivity contribution in [2.45, 2.75) is 74.8 Å². The van der Waals surface area contributed by atoms with Crippen LogP contribution in [-0.4, -0.2) is 83.2 Å². The summed E-state index contributed by atoms with van der Waals surface area (Å²) < 4.78 is 74.8. The third-order valence-corrected chi connectivity index (χ3v) is 10.6. The lowest BCUT2D eigenvalue weighted by molar-refractivity contribution is -0.184. The van der Waals surface area contributed by atoms with Crippen molar-refractivity contribution in [3.63, 3.8) is 0 Å². The first-order valence-corrected chi connectivity index (χ1v) is 15.8.